The van der Waals surface area contributed by atoms with E-state index in [0.29, 0.717) is 46.2 Å². The fraction of sp³-hybridized carbons (Fsp3) is 0.933. The lowest BCUT2D eigenvalue weighted by Crippen LogP contribution is -2.38. The second-order valence-corrected chi connectivity index (χ2v) is 5.16. The van der Waals surface area contributed by atoms with Crippen molar-refractivity contribution in [1.29, 1.82) is 0 Å². The zero-order chi connectivity index (χ0) is 18.2. The van der Waals surface area contributed by atoms with Crippen molar-refractivity contribution in [3.8, 4) is 0 Å². The van der Waals surface area contributed by atoms with E-state index in [1.165, 1.54) is 0 Å². The molecule has 0 spiro atoms. The monoisotopic (exact) mass is 355 g/mol. The quantitative estimate of drug-likeness (QED) is 0.357. The van der Waals surface area contributed by atoms with Crippen molar-refractivity contribution in [2.75, 3.05) is 59.5 Å². The van der Waals surface area contributed by atoms with Gasteiger partial charge in [0.2, 0.25) is 0 Å². The van der Waals surface area contributed by atoms with Crippen LogP contribution in [0.3, 0.4) is 0 Å². The molecule has 3 unspecified atom stereocenters. The smallest absolute Gasteiger partial charge is 0.329 e. The highest BCUT2D eigenvalue weighted by Gasteiger charge is 2.20. The van der Waals surface area contributed by atoms with Crippen molar-refractivity contribution in [2.45, 2.75) is 32.2 Å². The Hall–Kier alpha value is -0.840. The minimum Gasteiger partial charge on any atom is -0.480 e. The van der Waals surface area contributed by atoms with E-state index in [-0.39, 0.29) is 13.2 Å². The summed E-state index contributed by atoms with van der Waals surface area (Å²) in [7, 11) is 0. The van der Waals surface area contributed by atoms with E-state index in [4.69, 9.17) is 34.5 Å². The molecule has 0 amide bonds. The summed E-state index contributed by atoms with van der Waals surface area (Å²) in [5.74, 6) is -1.00. The van der Waals surface area contributed by atoms with Crippen LogP contribution in [0.5, 0.6) is 0 Å². The number of alkyl halides is 1. The van der Waals surface area contributed by atoms with Gasteiger partial charge < -0.3 is 34.5 Å². The van der Waals surface area contributed by atoms with Crippen molar-refractivity contribution in [3.05, 3.63) is 0 Å². The molecule has 0 heterocycles. The fourth-order valence-corrected chi connectivity index (χ4v) is 1.63. The Morgan fingerprint density at radius 1 is 0.917 bits per heavy atom. The van der Waals surface area contributed by atoms with Crippen LogP contribution in [0.1, 0.15) is 13.8 Å². The summed E-state index contributed by atoms with van der Waals surface area (Å²) < 4.78 is 39.3. The average molecular weight is 355 g/mol. The lowest BCUT2D eigenvalue weighted by atomic mass is 10.1. The Labute approximate surface area is 142 Å². The van der Waals surface area contributed by atoms with Crippen LogP contribution in [0.25, 0.3) is 0 Å². The Kier molecular flexibility index (Phi) is 15.1. The third-order valence-electron chi connectivity index (χ3n) is 2.90. The minimum absolute atomic E-state index is 0.233. The van der Waals surface area contributed by atoms with Gasteiger partial charge in [0.25, 0.3) is 0 Å². The van der Waals surface area contributed by atoms with Gasteiger partial charge in [-0.3, -0.25) is 0 Å². The first-order chi connectivity index (χ1) is 11.4. The van der Waals surface area contributed by atoms with Gasteiger partial charge in [0.15, 0.2) is 0 Å². The van der Waals surface area contributed by atoms with Crippen LogP contribution >= 0.6 is 0 Å². The Balaban J connectivity index is 3.19. The topological polar surface area (TPSA) is 109 Å². The van der Waals surface area contributed by atoms with Crippen LogP contribution < -0.4 is 5.73 Å². The predicted octanol–water partition coefficient (Wildman–Crippen LogP) is 0.228. The molecule has 0 fully saturated rings. The molecule has 0 rings (SSSR count). The van der Waals surface area contributed by atoms with Gasteiger partial charge in [0, 0.05) is 6.04 Å². The molecule has 0 aliphatic carbocycles. The molecule has 0 aromatic rings. The van der Waals surface area contributed by atoms with E-state index in [9.17, 15) is 9.18 Å². The van der Waals surface area contributed by atoms with Crippen LogP contribution in [-0.4, -0.2) is 88.9 Å². The first-order valence-electron chi connectivity index (χ1n) is 7.99. The molecule has 0 aromatic carbocycles. The third-order valence-corrected chi connectivity index (χ3v) is 2.90. The van der Waals surface area contributed by atoms with Gasteiger partial charge in [-0.25, -0.2) is 9.18 Å². The van der Waals surface area contributed by atoms with Gasteiger partial charge in [0.05, 0.1) is 59.0 Å². The molecule has 0 aromatic heterocycles. The molecule has 24 heavy (non-hydrogen) atoms. The number of carboxylic acid groups (broad SMARTS) is 1. The Morgan fingerprint density at radius 3 is 1.75 bits per heavy atom. The second-order valence-electron chi connectivity index (χ2n) is 5.16. The lowest BCUT2D eigenvalue weighted by molar-refractivity contribution is -0.142. The molecule has 3 atom stereocenters. The first kappa shape index (κ1) is 23.2. The average Bonchev–Trinajstić information content (AvgIpc) is 2.53. The third kappa shape index (κ3) is 14.7. The maximum Gasteiger partial charge on any atom is 0.329 e. The van der Waals surface area contributed by atoms with Gasteiger partial charge in [0.1, 0.15) is 12.8 Å². The van der Waals surface area contributed by atoms with Crippen molar-refractivity contribution >= 4 is 5.97 Å². The molecule has 0 aliphatic rings. The molecule has 0 saturated heterocycles. The van der Waals surface area contributed by atoms with E-state index in [1.54, 1.807) is 13.8 Å². The summed E-state index contributed by atoms with van der Waals surface area (Å²) in [6, 6.07) is -0.555. The zero-order valence-electron chi connectivity index (χ0n) is 14.4. The highest BCUT2D eigenvalue weighted by molar-refractivity contribution is 5.67. The van der Waals surface area contributed by atoms with Crippen LogP contribution in [-0.2, 0) is 28.5 Å². The van der Waals surface area contributed by atoms with Crippen molar-refractivity contribution in [3.63, 3.8) is 0 Å². The number of nitrogens with two attached hydrogens (primary N) is 1. The zero-order valence-corrected chi connectivity index (χ0v) is 14.4. The molecule has 0 saturated carbocycles. The number of hydrogen-bond donors (Lipinski definition) is 2. The van der Waals surface area contributed by atoms with Crippen molar-refractivity contribution in [2.24, 2.45) is 5.73 Å². The Bertz CT molecular complexity index is 308. The normalized spacial score (nSPS) is 15.2. The van der Waals surface area contributed by atoms with Gasteiger partial charge in [-0.2, -0.15) is 0 Å². The highest BCUT2D eigenvalue weighted by atomic mass is 19.1. The number of ether oxygens (including phenoxy) is 5. The maximum atomic E-state index is 13.4. The van der Waals surface area contributed by atoms with E-state index >= 15 is 0 Å². The molecule has 9 heteroatoms. The van der Waals surface area contributed by atoms with Crippen LogP contribution in [0, 0.1) is 0 Å². The molecular formula is C15H30FNO7. The van der Waals surface area contributed by atoms with Gasteiger partial charge in [-0.05, 0) is 13.8 Å². The first-order valence-corrected chi connectivity index (χ1v) is 7.99. The Morgan fingerprint density at radius 2 is 1.33 bits per heavy atom. The van der Waals surface area contributed by atoms with E-state index in [1.807, 2.05) is 0 Å². The summed E-state index contributed by atoms with van der Waals surface area (Å²) in [5.41, 5.74) is 5.45. The largest absolute Gasteiger partial charge is 0.480 e. The number of hydrogen-bond acceptors (Lipinski definition) is 7. The van der Waals surface area contributed by atoms with E-state index < -0.39 is 24.3 Å². The summed E-state index contributed by atoms with van der Waals surface area (Å²) in [6.45, 7) is 5.76. The number of aliphatic carboxylic acids is 1. The van der Waals surface area contributed by atoms with Crippen LogP contribution in [0.2, 0.25) is 0 Å². The minimum atomic E-state index is -1.19. The summed E-state index contributed by atoms with van der Waals surface area (Å²) in [4.78, 5) is 10.2. The lowest BCUT2D eigenvalue weighted by Gasteiger charge is -2.20. The van der Waals surface area contributed by atoms with E-state index in [0.717, 1.165) is 0 Å². The molecule has 3 N–H and O–H groups in total. The van der Waals surface area contributed by atoms with Crippen LogP contribution in [0.4, 0.5) is 4.39 Å². The van der Waals surface area contributed by atoms with Gasteiger partial charge >= 0.3 is 5.97 Å². The molecule has 8 nitrogen and oxygen atoms in total. The molecule has 144 valence electrons. The van der Waals surface area contributed by atoms with Gasteiger partial charge in [-0.1, -0.05) is 0 Å². The number of halogens is 1. The highest BCUT2D eigenvalue weighted by Crippen LogP contribution is 2.06. The summed E-state index contributed by atoms with van der Waals surface area (Å²) in [5, 5.41) is 8.34. The molecular weight excluding hydrogens is 325 g/mol. The number of carboxylic acids is 1. The van der Waals surface area contributed by atoms with Crippen molar-refractivity contribution < 1.29 is 38.0 Å². The molecule has 0 aliphatic heterocycles. The van der Waals surface area contributed by atoms with E-state index in [2.05, 4.69) is 0 Å². The van der Waals surface area contributed by atoms with Gasteiger partial charge in [-0.15, -0.1) is 0 Å². The SMILES string of the molecule is CC(N)C(F)C(C)OCCOCCOCCOCCOCC(=O)O. The molecule has 0 bridgehead atoms. The second kappa shape index (κ2) is 15.7. The van der Waals surface area contributed by atoms with Crippen molar-refractivity contribution in [1.82, 2.24) is 0 Å². The molecule has 0 radical (unpaired) electrons. The summed E-state index contributed by atoms with van der Waals surface area (Å²) >= 11 is 0. The summed E-state index contributed by atoms with van der Waals surface area (Å²) in [6.07, 6.45) is -1.75. The maximum absolute atomic E-state index is 13.4. The standard InChI is InChI=1S/C15H30FNO7/c1-12(17)15(16)13(2)24-10-9-22-6-5-20-3-4-21-7-8-23-11-14(18)19/h12-13,15H,3-11,17H2,1-2H3,(H,18,19). The number of carbonyl (C=O) groups is 1. The fourth-order valence-electron chi connectivity index (χ4n) is 1.63. The predicted molar refractivity (Wildman–Crippen MR) is 84.9 cm³/mol. The van der Waals surface area contributed by atoms with Crippen LogP contribution in [0.15, 0.2) is 0 Å². The number of rotatable bonds is 17.